The molecule has 2 rings (SSSR count). The van der Waals surface area contributed by atoms with Gasteiger partial charge in [-0.3, -0.25) is 4.79 Å². The molecule has 8 nitrogen and oxygen atoms in total. The van der Waals surface area contributed by atoms with Gasteiger partial charge in [-0.05, 0) is 66.0 Å². The van der Waals surface area contributed by atoms with Crippen LogP contribution in [-0.2, 0) is 24.3 Å². The van der Waals surface area contributed by atoms with E-state index in [1.807, 2.05) is 0 Å². The normalized spacial score (nSPS) is 19.0. The first-order valence-corrected chi connectivity index (χ1v) is 11.2. The summed E-state index contributed by atoms with van der Waals surface area (Å²) in [4.78, 5) is 27.3. The fourth-order valence-electron chi connectivity index (χ4n) is 3.11. The van der Waals surface area contributed by atoms with Crippen molar-refractivity contribution in [2.75, 3.05) is 6.54 Å². The van der Waals surface area contributed by atoms with Gasteiger partial charge in [0.1, 0.15) is 22.8 Å². The van der Waals surface area contributed by atoms with Crippen LogP contribution in [-0.4, -0.2) is 54.3 Å². The van der Waals surface area contributed by atoms with Crippen molar-refractivity contribution >= 4 is 22.3 Å². The van der Waals surface area contributed by atoms with Crippen molar-refractivity contribution in [2.45, 2.75) is 82.9 Å². The number of aldehydes is 1. The quantitative estimate of drug-likeness (QED) is 0.465. The molecule has 0 amide bonds. The maximum absolute atomic E-state index is 13.4. The Morgan fingerprint density at radius 1 is 1.38 bits per heavy atom. The van der Waals surface area contributed by atoms with Crippen LogP contribution in [0.5, 0.6) is 5.88 Å². The number of pyridine rings is 1. The van der Waals surface area contributed by atoms with Crippen molar-refractivity contribution < 1.29 is 27.5 Å². The molecule has 0 saturated carbocycles. The second-order valence-electron chi connectivity index (χ2n) is 8.24. The van der Waals surface area contributed by atoms with E-state index in [4.69, 9.17) is 9.47 Å². The lowest BCUT2D eigenvalue weighted by atomic mass is 10.2. The molecule has 0 spiro atoms. The van der Waals surface area contributed by atoms with E-state index in [0.29, 0.717) is 31.4 Å². The van der Waals surface area contributed by atoms with Crippen LogP contribution in [0.1, 0.15) is 59.1 Å². The standard InChI is InChI=1S/C20H30N2O6S/c1-14-10-11-17(18(21-14)27-15(2)8-7-13-23)29(25,26)22-12-6-9-16(22)19(24)28-20(3,4)5/h10-11,13,15-16H,6-9,12H2,1-5H3/t15-,16+/m1/s1. The van der Waals surface area contributed by atoms with Gasteiger partial charge in [0.25, 0.3) is 0 Å². The summed E-state index contributed by atoms with van der Waals surface area (Å²) in [5, 5.41) is 0. The lowest BCUT2D eigenvalue weighted by Gasteiger charge is -2.27. The number of ether oxygens (including phenoxy) is 2. The summed E-state index contributed by atoms with van der Waals surface area (Å²) in [5.41, 5.74) is -0.102. The van der Waals surface area contributed by atoms with Crippen molar-refractivity contribution in [2.24, 2.45) is 0 Å². The van der Waals surface area contributed by atoms with Crippen molar-refractivity contribution in [3.05, 3.63) is 17.8 Å². The molecule has 9 heteroatoms. The highest BCUT2D eigenvalue weighted by Crippen LogP contribution is 2.32. The zero-order valence-corrected chi connectivity index (χ0v) is 18.5. The molecule has 1 saturated heterocycles. The molecular weight excluding hydrogens is 396 g/mol. The molecule has 2 heterocycles. The van der Waals surface area contributed by atoms with Gasteiger partial charge in [-0.25, -0.2) is 13.4 Å². The molecule has 0 radical (unpaired) electrons. The first-order chi connectivity index (χ1) is 13.5. The third kappa shape index (κ3) is 5.99. The van der Waals surface area contributed by atoms with Gasteiger partial charge in [-0.2, -0.15) is 4.31 Å². The number of esters is 1. The van der Waals surface area contributed by atoms with Gasteiger partial charge < -0.3 is 14.3 Å². The zero-order valence-electron chi connectivity index (χ0n) is 17.7. The SMILES string of the molecule is Cc1ccc(S(=O)(=O)N2CCC[C@H]2C(=O)OC(C)(C)C)c(O[C@H](C)CCC=O)n1. The van der Waals surface area contributed by atoms with Crippen LogP contribution in [0, 0.1) is 6.92 Å². The monoisotopic (exact) mass is 426 g/mol. The maximum atomic E-state index is 13.4. The number of hydrogen-bond donors (Lipinski definition) is 0. The lowest BCUT2D eigenvalue weighted by molar-refractivity contribution is -0.158. The molecule has 0 bridgehead atoms. The summed E-state index contributed by atoms with van der Waals surface area (Å²) in [6.07, 6.45) is 2.12. The van der Waals surface area contributed by atoms with Crippen LogP contribution in [0.25, 0.3) is 0 Å². The van der Waals surface area contributed by atoms with Gasteiger partial charge in [-0.1, -0.05) is 0 Å². The Morgan fingerprint density at radius 2 is 2.07 bits per heavy atom. The van der Waals surface area contributed by atoms with E-state index in [1.54, 1.807) is 40.7 Å². The molecule has 0 N–H and O–H groups in total. The van der Waals surface area contributed by atoms with E-state index in [-0.39, 0.29) is 23.4 Å². The molecule has 1 aromatic heterocycles. The van der Waals surface area contributed by atoms with Crippen molar-refractivity contribution in [3.63, 3.8) is 0 Å². The Kier molecular flexibility index (Phi) is 7.40. The molecule has 162 valence electrons. The molecule has 0 unspecified atom stereocenters. The third-order valence-corrected chi connectivity index (χ3v) is 6.36. The smallest absolute Gasteiger partial charge is 0.324 e. The summed E-state index contributed by atoms with van der Waals surface area (Å²) in [7, 11) is -4.03. The summed E-state index contributed by atoms with van der Waals surface area (Å²) in [6.45, 7) is 8.95. The van der Waals surface area contributed by atoms with Gasteiger partial charge in [0, 0.05) is 18.7 Å². The Bertz CT molecular complexity index is 847. The summed E-state index contributed by atoms with van der Waals surface area (Å²) in [6, 6.07) is 2.17. The number of nitrogens with zero attached hydrogens (tertiary/aromatic N) is 2. The van der Waals surface area contributed by atoms with Crippen molar-refractivity contribution in [3.8, 4) is 5.88 Å². The molecule has 29 heavy (non-hydrogen) atoms. The molecule has 2 atom stereocenters. The predicted octanol–water partition coefficient (Wildman–Crippen LogP) is 2.63. The molecule has 1 fully saturated rings. The molecule has 1 aliphatic heterocycles. The summed E-state index contributed by atoms with van der Waals surface area (Å²) < 4.78 is 39.1. The van der Waals surface area contributed by atoms with Gasteiger partial charge in [0.05, 0.1) is 6.10 Å². The van der Waals surface area contributed by atoms with E-state index < -0.39 is 27.6 Å². The van der Waals surface area contributed by atoms with Crippen LogP contribution in [0.3, 0.4) is 0 Å². The average molecular weight is 427 g/mol. The van der Waals surface area contributed by atoms with Crippen molar-refractivity contribution in [1.82, 2.24) is 9.29 Å². The molecule has 0 aromatic carbocycles. The Morgan fingerprint density at radius 3 is 2.69 bits per heavy atom. The van der Waals surface area contributed by atoms with Crippen LogP contribution in [0.2, 0.25) is 0 Å². The van der Waals surface area contributed by atoms with E-state index in [1.165, 1.54) is 10.4 Å². The highest BCUT2D eigenvalue weighted by atomic mass is 32.2. The molecular formula is C20H30N2O6S. The maximum Gasteiger partial charge on any atom is 0.324 e. The Labute approximate surface area is 172 Å². The van der Waals surface area contributed by atoms with E-state index >= 15 is 0 Å². The number of aromatic nitrogens is 1. The topological polar surface area (TPSA) is 103 Å². The van der Waals surface area contributed by atoms with Crippen LogP contribution >= 0.6 is 0 Å². The number of hydrogen-bond acceptors (Lipinski definition) is 7. The highest BCUT2D eigenvalue weighted by molar-refractivity contribution is 7.89. The average Bonchev–Trinajstić information content (AvgIpc) is 3.09. The minimum atomic E-state index is -4.03. The fourth-order valence-corrected chi connectivity index (χ4v) is 4.82. The van der Waals surface area contributed by atoms with Crippen LogP contribution < -0.4 is 4.74 Å². The third-order valence-electron chi connectivity index (χ3n) is 4.44. The Balaban J connectivity index is 2.34. The number of rotatable bonds is 8. The zero-order chi connectivity index (χ0) is 21.8. The first kappa shape index (κ1) is 23.3. The number of carbonyl (C=O) groups is 2. The van der Waals surface area contributed by atoms with Gasteiger partial charge >= 0.3 is 5.97 Å². The van der Waals surface area contributed by atoms with E-state index in [0.717, 1.165) is 6.29 Å². The number of carbonyl (C=O) groups excluding carboxylic acids is 2. The minimum absolute atomic E-state index is 0.0155. The van der Waals surface area contributed by atoms with E-state index in [9.17, 15) is 18.0 Å². The minimum Gasteiger partial charge on any atom is -0.474 e. The van der Waals surface area contributed by atoms with Crippen LogP contribution in [0.4, 0.5) is 0 Å². The second kappa shape index (κ2) is 9.21. The Hall–Kier alpha value is -2.00. The second-order valence-corrected chi connectivity index (χ2v) is 10.1. The highest BCUT2D eigenvalue weighted by Gasteiger charge is 2.42. The fraction of sp³-hybridized carbons (Fsp3) is 0.650. The van der Waals surface area contributed by atoms with Crippen LogP contribution in [0.15, 0.2) is 17.0 Å². The van der Waals surface area contributed by atoms with Crippen molar-refractivity contribution in [1.29, 1.82) is 0 Å². The molecule has 1 aliphatic rings. The predicted molar refractivity (Wildman–Crippen MR) is 107 cm³/mol. The molecule has 0 aliphatic carbocycles. The summed E-state index contributed by atoms with van der Waals surface area (Å²) in [5.74, 6) is -0.571. The van der Waals surface area contributed by atoms with Gasteiger partial charge in [0.15, 0.2) is 0 Å². The summed E-state index contributed by atoms with van der Waals surface area (Å²) >= 11 is 0. The number of sulfonamides is 1. The lowest BCUT2D eigenvalue weighted by Crippen LogP contribution is -2.43. The van der Waals surface area contributed by atoms with Gasteiger partial charge in [0.2, 0.25) is 15.9 Å². The van der Waals surface area contributed by atoms with E-state index in [2.05, 4.69) is 4.98 Å². The number of aryl methyl sites for hydroxylation is 1. The largest absolute Gasteiger partial charge is 0.474 e. The molecule has 1 aromatic rings. The van der Waals surface area contributed by atoms with Gasteiger partial charge in [-0.15, -0.1) is 0 Å². The first-order valence-electron chi connectivity index (χ1n) is 9.78.